The molecule has 0 spiro atoms. The van der Waals surface area contributed by atoms with Gasteiger partial charge in [-0.05, 0) is 23.8 Å². The van der Waals surface area contributed by atoms with E-state index in [4.69, 9.17) is 0 Å². The van der Waals surface area contributed by atoms with Gasteiger partial charge in [0.1, 0.15) is 5.82 Å². The summed E-state index contributed by atoms with van der Waals surface area (Å²) in [4.78, 5) is 23.4. The summed E-state index contributed by atoms with van der Waals surface area (Å²) in [5, 5.41) is 24.1. The van der Waals surface area contributed by atoms with Crippen LogP contribution >= 0.6 is 0 Å². The van der Waals surface area contributed by atoms with Crippen LogP contribution in [0.25, 0.3) is 5.65 Å². The standard InChI is InChI=1S/C18H14F3N3O4/c19-12-6-4-11(5-7-12)13(9-24(27)28)16-17(25)22-8-2-1-3-15(22)23(18(16)26)10-14(20)21/h1-8,13-14H,9-10H2. The Bertz CT molecular complexity index is 1080. The molecule has 0 saturated heterocycles. The van der Waals surface area contributed by atoms with Crippen molar-refractivity contribution in [2.24, 2.45) is 0 Å². The van der Waals surface area contributed by atoms with Crippen LogP contribution in [0.3, 0.4) is 0 Å². The Hall–Kier alpha value is -3.43. The summed E-state index contributed by atoms with van der Waals surface area (Å²) in [6.45, 7) is -1.81. The summed E-state index contributed by atoms with van der Waals surface area (Å²) >= 11 is 0. The molecule has 146 valence electrons. The minimum Gasteiger partial charge on any atom is -0.842 e. The molecular formula is C18H14F3N3O4. The number of pyridine rings is 1. The quantitative estimate of drug-likeness (QED) is 0.360. The summed E-state index contributed by atoms with van der Waals surface area (Å²) < 4.78 is 41.0. The molecule has 0 aliphatic rings. The number of nitro groups is 1. The molecule has 1 unspecified atom stereocenters. The maximum absolute atomic E-state index is 13.2. The van der Waals surface area contributed by atoms with Gasteiger partial charge in [-0.1, -0.05) is 18.2 Å². The predicted molar refractivity (Wildman–Crippen MR) is 89.4 cm³/mol. The van der Waals surface area contributed by atoms with Gasteiger partial charge in [-0.15, -0.1) is 0 Å². The van der Waals surface area contributed by atoms with E-state index in [0.29, 0.717) is 0 Å². The predicted octanol–water partition coefficient (Wildman–Crippen LogP) is 1.47. The highest BCUT2D eigenvalue weighted by Crippen LogP contribution is 2.27. The third-order valence-corrected chi connectivity index (χ3v) is 4.31. The molecule has 1 atom stereocenters. The summed E-state index contributed by atoms with van der Waals surface area (Å²) in [7, 11) is 0. The van der Waals surface area contributed by atoms with E-state index in [0.717, 1.165) is 21.1 Å². The van der Waals surface area contributed by atoms with E-state index in [-0.39, 0.29) is 11.2 Å². The van der Waals surface area contributed by atoms with Crippen LogP contribution in [0.1, 0.15) is 17.0 Å². The summed E-state index contributed by atoms with van der Waals surface area (Å²) in [5.41, 5.74) is -1.26. The fourth-order valence-corrected chi connectivity index (χ4v) is 3.12. The van der Waals surface area contributed by atoms with E-state index < -0.39 is 53.2 Å². The van der Waals surface area contributed by atoms with Crippen LogP contribution in [0.2, 0.25) is 0 Å². The molecule has 0 fully saturated rings. The van der Waals surface area contributed by atoms with Crippen molar-refractivity contribution in [3.05, 3.63) is 86.1 Å². The Morgan fingerprint density at radius 3 is 2.43 bits per heavy atom. The van der Waals surface area contributed by atoms with E-state index in [1.165, 1.54) is 36.5 Å². The van der Waals surface area contributed by atoms with E-state index in [1.807, 2.05) is 0 Å². The van der Waals surface area contributed by atoms with Gasteiger partial charge in [-0.2, -0.15) is 4.40 Å². The molecule has 0 amide bonds. The van der Waals surface area contributed by atoms with Crippen molar-refractivity contribution < 1.29 is 27.8 Å². The highest BCUT2D eigenvalue weighted by atomic mass is 19.3. The van der Waals surface area contributed by atoms with Crippen LogP contribution in [0, 0.1) is 15.9 Å². The van der Waals surface area contributed by atoms with Crippen molar-refractivity contribution in [1.29, 1.82) is 0 Å². The van der Waals surface area contributed by atoms with E-state index in [2.05, 4.69) is 0 Å². The van der Waals surface area contributed by atoms with Gasteiger partial charge >= 0.3 is 5.56 Å². The molecule has 28 heavy (non-hydrogen) atoms. The van der Waals surface area contributed by atoms with Crippen molar-refractivity contribution in [2.75, 3.05) is 6.54 Å². The van der Waals surface area contributed by atoms with Crippen LogP contribution in [0.15, 0.2) is 53.5 Å². The number of aromatic nitrogens is 2. The molecule has 0 radical (unpaired) electrons. The number of rotatable bonds is 6. The Morgan fingerprint density at radius 1 is 1.14 bits per heavy atom. The van der Waals surface area contributed by atoms with Gasteiger partial charge in [-0.25, -0.2) is 22.5 Å². The van der Waals surface area contributed by atoms with Gasteiger partial charge in [-0.3, -0.25) is 10.1 Å². The van der Waals surface area contributed by atoms with Gasteiger partial charge < -0.3 is 5.11 Å². The Balaban J connectivity index is 2.33. The van der Waals surface area contributed by atoms with Crippen LogP contribution in [-0.2, 0) is 6.54 Å². The smallest absolute Gasteiger partial charge is 0.345 e. The zero-order valence-corrected chi connectivity index (χ0v) is 14.3. The van der Waals surface area contributed by atoms with Crippen LogP contribution < -0.4 is 15.2 Å². The summed E-state index contributed by atoms with van der Waals surface area (Å²) in [6, 6.07) is 8.80. The van der Waals surface area contributed by atoms with Gasteiger partial charge in [0.2, 0.25) is 6.54 Å². The molecule has 0 aliphatic carbocycles. The number of benzene rings is 1. The lowest BCUT2D eigenvalue weighted by Crippen LogP contribution is -2.47. The normalized spacial score (nSPS) is 12.4. The molecule has 3 aromatic rings. The van der Waals surface area contributed by atoms with Gasteiger partial charge in [0.15, 0.2) is 6.54 Å². The van der Waals surface area contributed by atoms with Gasteiger partial charge in [0.05, 0.1) is 23.6 Å². The molecule has 0 aliphatic heterocycles. The lowest BCUT2D eigenvalue weighted by molar-refractivity contribution is -0.724. The first kappa shape index (κ1) is 19.3. The number of halogens is 3. The third kappa shape index (κ3) is 3.66. The minimum absolute atomic E-state index is 0.0551. The zero-order chi connectivity index (χ0) is 20.4. The van der Waals surface area contributed by atoms with Crippen molar-refractivity contribution in [3.63, 3.8) is 0 Å². The fourth-order valence-electron chi connectivity index (χ4n) is 3.12. The Morgan fingerprint density at radius 2 is 1.82 bits per heavy atom. The Labute approximate surface area is 156 Å². The average molecular weight is 393 g/mol. The second kappa shape index (κ2) is 7.67. The lowest BCUT2D eigenvalue weighted by atomic mass is 9.92. The number of alkyl halides is 2. The van der Waals surface area contributed by atoms with Crippen LogP contribution in [0.5, 0.6) is 5.88 Å². The highest BCUT2D eigenvalue weighted by molar-refractivity contribution is 5.40. The molecule has 0 bridgehead atoms. The first-order valence-corrected chi connectivity index (χ1v) is 8.19. The number of nitrogens with zero attached hydrogens (tertiary/aromatic N) is 3. The van der Waals surface area contributed by atoms with E-state index in [9.17, 15) is 33.2 Å². The average Bonchev–Trinajstić information content (AvgIpc) is 2.64. The number of hydrogen-bond acceptors (Lipinski definition) is 4. The maximum Gasteiger partial charge on any atom is 0.345 e. The molecule has 2 aromatic heterocycles. The van der Waals surface area contributed by atoms with E-state index in [1.54, 1.807) is 0 Å². The molecule has 3 rings (SSSR count). The zero-order valence-electron chi connectivity index (χ0n) is 14.3. The fraction of sp³-hybridized carbons (Fsp3) is 0.222. The second-order valence-corrected chi connectivity index (χ2v) is 6.07. The Kier molecular flexibility index (Phi) is 5.30. The third-order valence-electron chi connectivity index (χ3n) is 4.31. The molecule has 0 N–H and O–H groups in total. The molecular weight excluding hydrogens is 379 g/mol. The molecule has 0 saturated carbocycles. The van der Waals surface area contributed by atoms with Gasteiger partial charge in [0, 0.05) is 11.0 Å². The monoisotopic (exact) mass is 393 g/mol. The molecule has 7 nitrogen and oxygen atoms in total. The largest absolute Gasteiger partial charge is 0.842 e. The maximum atomic E-state index is 13.2. The first-order chi connectivity index (χ1) is 13.3. The second-order valence-electron chi connectivity index (χ2n) is 6.07. The van der Waals surface area contributed by atoms with Crippen molar-refractivity contribution in [2.45, 2.75) is 18.9 Å². The van der Waals surface area contributed by atoms with Crippen molar-refractivity contribution in [1.82, 2.24) is 4.40 Å². The number of fused-ring (bicyclic) bond motifs is 1. The highest BCUT2D eigenvalue weighted by Gasteiger charge is 2.30. The van der Waals surface area contributed by atoms with Crippen LogP contribution in [0.4, 0.5) is 13.2 Å². The molecule has 2 heterocycles. The lowest BCUT2D eigenvalue weighted by Gasteiger charge is -2.21. The van der Waals surface area contributed by atoms with Crippen molar-refractivity contribution in [3.8, 4) is 5.88 Å². The molecule has 1 aromatic carbocycles. The van der Waals surface area contributed by atoms with Crippen LogP contribution in [-0.4, -0.2) is 22.3 Å². The number of hydrogen-bond donors (Lipinski definition) is 0. The van der Waals surface area contributed by atoms with Crippen molar-refractivity contribution >= 4 is 5.65 Å². The topological polar surface area (TPSA) is 91.6 Å². The first-order valence-electron chi connectivity index (χ1n) is 8.19. The molecule has 10 heteroatoms. The SMILES string of the molecule is O=c1c(C(C[N+](=O)[O-])c2ccc(F)cc2)c([O-])[n+](CC(F)F)c2ccccn12. The summed E-state index contributed by atoms with van der Waals surface area (Å²) in [5.74, 6) is -2.96. The van der Waals surface area contributed by atoms with Gasteiger partial charge in [0.25, 0.3) is 12.1 Å². The summed E-state index contributed by atoms with van der Waals surface area (Å²) in [6.07, 6.45) is -1.59. The van der Waals surface area contributed by atoms with E-state index >= 15 is 0 Å². The minimum atomic E-state index is -2.88.